The van der Waals surface area contributed by atoms with Gasteiger partial charge in [-0.05, 0) is 29.8 Å². The van der Waals surface area contributed by atoms with E-state index in [4.69, 9.17) is 4.74 Å². The summed E-state index contributed by atoms with van der Waals surface area (Å²) in [6.45, 7) is -0.403. The summed E-state index contributed by atoms with van der Waals surface area (Å²) in [5.41, 5.74) is 2.20. The number of hydrogen-bond acceptors (Lipinski definition) is 6. The number of imidazole rings is 1. The summed E-state index contributed by atoms with van der Waals surface area (Å²) in [5.74, 6) is -1.45. The van der Waals surface area contributed by atoms with Gasteiger partial charge in [-0.25, -0.2) is 9.59 Å². The van der Waals surface area contributed by atoms with Crippen molar-refractivity contribution in [2.75, 3.05) is 13.7 Å². The molecule has 8 nitrogen and oxygen atoms in total. The van der Waals surface area contributed by atoms with Crippen LogP contribution in [0.2, 0.25) is 0 Å². The van der Waals surface area contributed by atoms with E-state index in [-0.39, 0.29) is 17.9 Å². The number of aromatic amines is 2. The molecular weight excluding hydrogens is 352 g/mol. The molecule has 8 heteroatoms. The molecule has 27 heavy (non-hydrogen) atoms. The second kappa shape index (κ2) is 7.69. The number of methoxy groups -OCH3 is 1. The fourth-order valence-corrected chi connectivity index (χ4v) is 2.55. The minimum absolute atomic E-state index is 0.0301. The van der Waals surface area contributed by atoms with Crippen LogP contribution in [-0.2, 0) is 20.7 Å². The fraction of sp³-hybridized carbons (Fsp3) is 0.158. The van der Waals surface area contributed by atoms with Gasteiger partial charge in [-0.1, -0.05) is 18.2 Å². The minimum Gasteiger partial charge on any atom is -0.465 e. The minimum atomic E-state index is -0.563. The molecule has 0 aliphatic heterocycles. The Balaban J connectivity index is 1.56. The van der Waals surface area contributed by atoms with Crippen LogP contribution < -0.4 is 5.69 Å². The number of ketones is 1. The number of H-pyrrole nitrogens is 2. The molecule has 0 saturated heterocycles. The van der Waals surface area contributed by atoms with Crippen LogP contribution in [0, 0.1) is 0 Å². The molecule has 138 valence electrons. The molecule has 0 atom stereocenters. The quantitative estimate of drug-likeness (QED) is 0.504. The molecule has 0 aliphatic rings. The van der Waals surface area contributed by atoms with Crippen LogP contribution in [0.4, 0.5) is 0 Å². The number of nitrogens with one attached hydrogen (secondary N) is 2. The third-order valence-corrected chi connectivity index (χ3v) is 3.92. The van der Waals surface area contributed by atoms with E-state index in [1.54, 1.807) is 18.2 Å². The highest BCUT2D eigenvalue weighted by molar-refractivity contribution is 5.99. The van der Waals surface area contributed by atoms with Crippen molar-refractivity contribution in [3.05, 3.63) is 69.6 Å². The van der Waals surface area contributed by atoms with Crippen molar-refractivity contribution in [3.8, 4) is 0 Å². The molecule has 1 aromatic heterocycles. The number of rotatable bonds is 6. The fourth-order valence-electron chi connectivity index (χ4n) is 2.55. The van der Waals surface area contributed by atoms with E-state index >= 15 is 0 Å². The number of ether oxygens (including phenoxy) is 2. The highest BCUT2D eigenvalue weighted by atomic mass is 16.5. The lowest BCUT2D eigenvalue weighted by Crippen LogP contribution is -2.16. The molecule has 1 heterocycles. The summed E-state index contributed by atoms with van der Waals surface area (Å²) in [6.07, 6.45) is -0.0301. The van der Waals surface area contributed by atoms with Crippen molar-refractivity contribution in [2.24, 2.45) is 0 Å². The first-order valence-electron chi connectivity index (χ1n) is 8.04. The largest absolute Gasteiger partial charge is 0.465 e. The lowest BCUT2D eigenvalue weighted by Gasteiger charge is -2.05. The smallest absolute Gasteiger partial charge is 0.337 e. The van der Waals surface area contributed by atoms with Crippen LogP contribution >= 0.6 is 0 Å². The molecule has 0 amide bonds. The van der Waals surface area contributed by atoms with Gasteiger partial charge in [-0.15, -0.1) is 0 Å². The number of fused-ring (bicyclic) bond motifs is 1. The summed E-state index contributed by atoms with van der Waals surface area (Å²) in [4.78, 5) is 51.9. The zero-order valence-corrected chi connectivity index (χ0v) is 14.4. The predicted molar refractivity (Wildman–Crippen MR) is 95.7 cm³/mol. The van der Waals surface area contributed by atoms with Gasteiger partial charge in [-0.2, -0.15) is 0 Å². The van der Waals surface area contributed by atoms with Crippen molar-refractivity contribution < 1.29 is 23.9 Å². The number of esters is 2. The number of carbonyl (C=O) groups excluding carboxylic acids is 3. The van der Waals surface area contributed by atoms with E-state index in [9.17, 15) is 19.2 Å². The standard InChI is InChI=1S/C19H16N2O6/c1-26-18(24)13-5-3-12(4-6-13)16(22)10-27-17(23)9-11-2-7-14-15(8-11)21-19(25)20-14/h2-8H,9-10H2,1H3,(H2,20,21,25). The molecular formula is C19H16N2O6. The van der Waals surface area contributed by atoms with Crippen LogP contribution in [0.3, 0.4) is 0 Å². The van der Waals surface area contributed by atoms with E-state index < -0.39 is 18.5 Å². The predicted octanol–water partition coefficient (Wildman–Crippen LogP) is 1.61. The maximum Gasteiger partial charge on any atom is 0.337 e. The maximum absolute atomic E-state index is 12.1. The molecule has 0 bridgehead atoms. The van der Waals surface area contributed by atoms with Gasteiger partial charge in [0.05, 0.1) is 30.1 Å². The molecule has 0 fully saturated rings. The van der Waals surface area contributed by atoms with Crippen molar-refractivity contribution >= 4 is 28.8 Å². The van der Waals surface area contributed by atoms with Gasteiger partial charge in [-0.3, -0.25) is 9.59 Å². The lowest BCUT2D eigenvalue weighted by atomic mass is 10.1. The summed E-state index contributed by atoms with van der Waals surface area (Å²) in [6, 6.07) is 10.9. The van der Waals surface area contributed by atoms with E-state index in [0.717, 1.165) is 0 Å². The van der Waals surface area contributed by atoms with E-state index in [0.29, 0.717) is 27.7 Å². The van der Waals surface area contributed by atoms with E-state index in [1.165, 1.54) is 31.4 Å². The van der Waals surface area contributed by atoms with Crippen LogP contribution in [0.15, 0.2) is 47.3 Å². The van der Waals surface area contributed by atoms with Crippen molar-refractivity contribution in [2.45, 2.75) is 6.42 Å². The second-order valence-corrected chi connectivity index (χ2v) is 5.79. The third kappa shape index (κ3) is 4.30. The first kappa shape index (κ1) is 18.1. The van der Waals surface area contributed by atoms with Crippen LogP contribution in [0.5, 0.6) is 0 Å². The Kier molecular flexibility index (Phi) is 5.16. The molecule has 0 aliphatic carbocycles. The number of hydrogen-bond donors (Lipinski definition) is 2. The van der Waals surface area contributed by atoms with E-state index in [1.807, 2.05) is 0 Å². The Labute approximate surface area is 153 Å². The average molecular weight is 368 g/mol. The first-order valence-corrected chi connectivity index (χ1v) is 8.04. The molecule has 0 radical (unpaired) electrons. The van der Waals surface area contributed by atoms with Crippen LogP contribution in [-0.4, -0.2) is 41.4 Å². The number of Topliss-reactive ketones (excluding diaryl/α,β-unsaturated/α-hetero) is 1. The number of carbonyl (C=O) groups is 3. The van der Waals surface area contributed by atoms with E-state index in [2.05, 4.69) is 14.7 Å². The Hall–Kier alpha value is -3.68. The van der Waals surface area contributed by atoms with Gasteiger partial charge in [0, 0.05) is 5.56 Å². The Morgan fingerprint density at radius 1 is 0.926 bits per heavy atom. The maximum atomic E-state index is 12.1. The van der Waals surface area contributed by atoms with Gasteiger partial charge < -0.3 is 19.4 Å². The van der Waals surface area contributed by atoms with Gasteiger partial charge in [0.2, 0.25) is 0 Å². The van der Waals surface area contributed by atoms with Crippen molar-refractivity contribution in [1.82, 2.24) is 9.97 Å². The topological polar surface area (TPSA) is 118 Å². The summed E-state index contributed by atoms with van der Waals surface area (Å²) < 4.78 is 9.60. The number of aromatic nitrogens is 2. The Morgan fingerprint density at radius 3 is 2.30 bits per heavy atom. The van der Waals surface area contributed by atoms with Gasteiger partial charge in [0.1, 0.15) is 0 Å². The molecule has 3 aromatic rings. The molecule has 2 aromatic carbocycles. The Bertz CT molecular complexity index is 1060. The zero-order chi connectivity index (χ0) is 19.4. The highest BCUT2D eigenvalue weighted by Crippen LogP contribution is 2.11. The highest BCUT2D eigenvalue weighted by Gasteiger charge is 2.13. The summed E-state index contributed by atoms with van der Waals surface area (Å²) in [5, 5.41) is 0. The second-order valence-electron chi connectivity index (χ2n) is 5.79. The molecule has 0 saturated carbocycles. The summed E-state index contributed by atoms with van der Waals surface area (Å²) >= 11 is 0. The summed E-state index contributed by atoms with van der Waals surface area (Å²) in [7, 11) is 1.27. The molecule has 2 N–H and O–H groups in total. The van der Waals surface area contributed by atoms with Gasteiger partial charge >= 0.3 is 17.6 Å². The van der Waals surface area contributed by atoms with Gasteiger partial charge in [0.25, 0.3) is 0 Å². The zero-order valence-electron chi connectivity index (χ0n) is 14.4. The average Bonchev–Trinajstić information content (AvgIpc) is 3.04. The van der Waals surface area contributed by atoms with Crippen LogP contribution in [0.1, 0.15) is 26.3 Å². The molecule has 0 unspecified atom stereocenters. The Morgan fingerprint density at radius 2 is 1.59 bits per heavy atom. The lowest BCUT2D eigenvalue weighted by molar-refractivity contribution is -0.141. The van der Waals surface area contributed by atoms with Gasteiger partial charge in [0.15, 0.2) is 12.4 Å². The van der Waals surface area contributed by atoms with Crippen molar-refractivity contribution in [1.29, 1.82) is 0 Å². The van der Waals surface area contributed by atoms with Crippen LogP contribution in [0.25, 0.3) is 11.0 Å². The molecule has 3 rings (SSSR count). The normalized spacial score (nSPS) is 10.6. The monoisotopic (exact) mass is 368 g/mol. The first-order chi connectivity index (χ1) is 13.0. The molecule has 0 spiro atoms. The number of benzene rings is 2. The third-order valence-electron chi connectivity index (χ3n) is 3.92. The SMILES string of the molecule is COC(=O)c1ccc(C(=O)COC(=O)Cc2ccc3[nH]c(=O)[nH]c3c2)cc1. The van der Waals surface area contributed by atoms with Crippen molar-refractivity contribution in [3.63, 3.8) is 0 Å².